The summed E-state index contributed by atoms with van der Waals surface area (Å²) in [6.07, 6.45) is 0.226. The SMILES string of the molecule is CC1CN(C(C)(C)CNC(=O)CN2C(=O)COc3ccc([N+](=O)[O-])cc32)CC(C)O1. The normalized spacial score (nSPS) is 22.3. The minimum absolute atomic E-state index is 0.113. The first-order chi connectivity index (χ1) is 14.1. The van der Waals surface area contributed by atoms with Gasteiger partial charge in [0.25, 0.3) is 11.6 Å². The summed E-state index contributed by atoms with van der Waals surface area (Å²) in [4.78, 5) is 39.0. The van der Waals surface area contributed by atoms with Crippen LogP contribution in [0.3, 0.4) is 0 Å². The maximum absolute atomic E-state index is 12.6. The first kappa shape index (κ1) is 22.0. The molecule has 2 unspecified atom stereocenters. The number of benzene rings is 1. The van der Waals surface area contributed by atoms with Crippen LogP contribution in [0.2, 0.25) is 0 Å². The molecule has 10 nitrogen and oxygen atoms in total. The van der Waals surface area contributed by atoms with Crippen molar-refractivity contribution in [3.63, 3.8) is 0 Å². The Hall–Kier alpha value is -2.72. The van der Waals surface area contributed by atoms with E-state index in [1.54, 1.807) is 0 Å². The summed E-state index contributed by atoms with van der Waals surface area (Å²) >= 11 is 0. The lowest BCUT2D eigenvalue weighted by Gasteiger charge is -2.45. The van der Waals surface area contributed by atoms with E-state index in [0.717, 1.165) is 13.1 Å². The third-order valence-corrected chi connectivity index (χ3v) is 5.39. The molecule has 30 heavy (non-hydrogen) atoms. The molecule has 2 atom stereocenters. The van der Waals surface area contributed by atoms with E-state index in [-0.39, 0.29) is 48.2 Å². The summed E-state index contributed by atoms with van der Waals surface area (Å²) in [6, 6.07) is 3.99. The molecular formula is C20H28N4O6. The molecule has 2 aliphatic heterocycles. The van der Waals surface area contributed by atoms with Gasteiger partial charge in [-0.15, -0.1) is 0 Å². The summed E-state index contributed by atoms with van der Waals surface area (Å²) in [7, 11) is 0. The highest BCUT2D eigenvalue weighted by molar-refractivity contribution is 6.02. The lowest BCUT2D eigenvalue weighted by molar-refractivity contribution is -0.384. The summed E-state index contributed by atoms with van der Waals surface area (Å²) in [6.45, 7) is 9.64. The lowest BCUT2D eigenvalue weighted by Crippen LogP contribution is -2.59. The number of non-ortho nitro benzene ring substituents is 1. The maximum atomic E-state index is 12.6. The largest absolute Gasteiger partial charge is 0.482 e. The van der Waals surface area contributed by atoms with Crippen molar-refractivity contribution in [3.05, 3.63) is 28.3 Å². The molecule has 0 aromatic heterocycles. The fraction of sp³-hybridized carbons (Fsp3) is 0.600. The fourth-order valence-electron chi connectivity index (χ4n) is 3.78. The first-order valence-corrected chi connectivity index (χ1v) is 9.95. The second-order valence-electron chi connectivity index (χ2n) is 8.43. The number of nitro benzene ring substituents is 1. The Morgan fingerprint density at radius 1 is 1.30 bits per heavy atom. The predicted octanol–water partition coefficient (Wildman–Crippen LogP) is 1.32. The molecule has 2 amide bonds. The molecule has 164 valence electrons. The van der Waals surface area contributed by atoms with E-state index >= 15 is 0 Å². The monoisotopic (exact) mass is 420 g/mol. The zero-order valence-corrected chi connectivity index (χ0v) is 17.7. The van der Waals surface area contributed by atoms with Crippen LogP contribution in [0.15, 0.2) is 18.2 Å². The Morgan fingerprint density at radius 2 is 1.97 bits per heavy atom. The van der Waals surface area contributed by atoms with Crippen LogP contribution in [0.1, 0.15) is 27.7 Å². The van der Waals surface area contributed by atoms with Crippen LogP contribution in [0.5, 0.6) is 5.75 Å². The van der Waals surface area contributed by atoms with E-state index in [9.17, 15) is 19.7 Å². The second kappa shape index (κ2) is 8.57. The van der Waals surface area contributed by atoms with Gasteiger partial charge in [0.1, 0.15) is 12.3 Å². The van der Waals surface area contributed by atoms with Gasteiger partial charge in [-0.25, -0.2) is 0 Å². The number of nitro groups is 1. The Morgan fingerprint density at radius 3 is 2.60 bits per heavy atom. The van der Waals surface area contributed by atoms with Crippen molar-refractivity contribution >= 4 is 23.2 Å². The quantitative estimate of drug-likeness (QED) is 0.545. The lowest BCUT2D eigenvalue weighted by atomic mass is 10.00. The molecule has 0 saturated carbocycles. The number of morpholine rings is 1. The molecule has 1 aromatic rings. The zero-order chi connectivity index (χ0) is 22.1. The van der Waals surface area contributed by atoms with E-state index < -0.39 is 10.8 Å². The smallest absolute Gasteiger partial charge is 0.271 e. The van der Waals surface area contributed by atoms with E-state index in [1.807, 2.05) is 13.8 Å². The third kappa shape index (κ3) is 4.88. The highest BCUT2D eigenvalue weighted by Gasteiger charge is 2.34. The van der Waals surface area contributed by atoms with Gasteiger partial charge in [-0.3, -0.25) is 29.5 Å². The van der Waals surface area contributed by atoms with Gasteiger partial charge in [0.15, 0.2) is 6.61 Å². The number of hydrogen-bond acceptors (Lipinski definition) is 7. The Labute approximate surface area is 175 Å². The van der Waals surface area contributed by atoms with E-state index in [0.29, 0.717) is 12.3 Å². The van der Waals surface area contributed by atoms with Gasteiger partial charge in [0.2, 0.25) is 5.91 Å². The highest BCUT2D eigenvalue weighted by atomic mass is 16.6. The molecule has 0 spiro atoms. The Balaban J connectivity index is 1.65. The molecule has 3 rings (SSSR count). The predicted molar refractivity (Wildman–Crippen MR) is 110 cm³/mol. The van der Waals surface area contributed by atoms with Crippen molar-refractivity contribution in [3.8, 4) is 5.75 Å². The molecule has 0 aliphatic carbocycles. The number of ether oxygens (including phenoxy) is 2. The molecule has 10 heteroatoms. The minimum Gasteiger partial charge on any atom is -0.482 e. The van der Waals surface area contributed by atoms with E-state index in [1.165, 1.54) is 23.1 Å². The van der Waals surface area contributed by atoms with Gasteiger partial charge in [0, 0.05) is 37.3 Å². The van der Waals surface area contributed by atoms with Crippen LogP contribution >= 0.6 is 0 Å². The number of fused-ring (bicyclic) bond motifs is 1. The van der Waals surface area contributed by atoms with Crippen molar-refractivity contribution in [1.29, 1.82) is 0 Å². The molecular weight excluding hydrogens is 392 g/mol. The summed E-state index contributed by atoms with van der Waals surface area (Å²) in [5.74, 6) is -0.428. The highest BCUT2D eigenvalue weighted by Crippen LogP contribution is 2.35. The standard InChI is InChI=1S/C20H28N4O6/c1-13-8-22(9-14(2)30-13)20(3,4)12-21-18(25)10-23-16-7-15(24(27)28)5-6-17(16)29-11-19(23)26/h5-7,13-14H,8-12H2,1-4H3,(H,21,25). The molecule has 0 bridgehead atoms. The molecule has 1 saturated heterocycles. The molecule has 2 aliphatic rings. The van der Waals surface area contributed by atoms with Crippen molar-refractivity contribution in [2.24, 2.45) is 0 Å². The number of hydrogen-bond donors (Lipinski definition) is 1. The van der Waals surface area contributed by atoms with Gasteiger partial charge in [-0.2, -0.15) is 0 Å². The van der Waals surface area contributed by atoms with Crippen molar-refractivity contribution < 1.29 is 24.0 Å². The fourth-order valence-corrected chi connectivity index (χ4v) is 3.78. The molecule has 1 fully saturated rings. The third-order valence-electron chi connectivity index (χ3n) is 5.39. The molecule has 0 radical (unpaired) electrons. The van der Waals surface area contributed by atoms with Gasteiger partial charge in [0.05, 0.1) is 22.8 Å². The number of nitrogens with one attached hydrogen (secondary N) is 1. The van der Waals surface area contributed by atoms with Crippen LogP contribution in [-0.4, -0.2) is 72.2 Å². The van der Waals surface area contributed by atoms with Crippen LogP contribution < -0.4 is 15.0 Å². The van der Waals surface area contributed by atoms with Gasteiger partial charge in [-0.1, -0.05) is 0 Å². The van der Waals surface area contributed by atoms with Gasteiger partial charge in [-0.05, 0) is 33.8 Å². The Kier molecular flexibility index (Phi) is 6.27. The number of carbonyl (C=O) groups excluding carboxylic acids is 2. The Bertz CT molecular complexity index is 833. The summed E-state index contributed by atoms with van der Waals surface area (Å²) in [5.41, 5.74) is -0.243. The number of rotatable bonds is 6. The second-order valence-corrected chi connectivity index (χ2v) is 8.43. The number of amides is 2. The molecule has 2 heterocycles. The number of nitrogens with zero attached hydrogens (tertiary/aromatic N) is 3. The van der Waals surface area contributed by atoms with Crippen LogP contribution in [-0.2, 0) is 14.3 Å². The maximum Gasteiger partial charge on any atom is 0.271 e. The van der Waals surface area contributed by atoms with Gasteiger partial charge < -0.3 is 14.8 Å². The molecule has 1 aromatic carbocycles. The minimum atomic E-state index is -0.551. The van der Waals surface area contributed by atoms with Gasteiger partial charge >= 0.3 is 0 Å². The average Bonchev–Trinajstić information content (AvgIpc) is 2.67. The van der Waals surface area contributed by atoms with Crippen molar-refractivity contribution in [2.45, 2.75) is 45.4 Å². The topological polar surface area (TPSA) is 114 Å². The van der Waals surface area contributed by atoms with E-state index in [4.69, 9.17) is 9.47 Å². The van der Waals surface area contributed by atoms with Crippen LogP contribution in [0.4, 0.5) is 11.4 Å². The summed E-state index contributed by atoms with van der Waals surface area (Å²) in [5, 5.41) is 14.0. The first-order valence-electron chi connectivity index (χ1n) is 9.95. The van der Waals surface area contributed by atoms with Crippen molar-refractivity contribution in [1.82, 2.24) is 10.2 Å². The number of anilines is 1. The zero-order valence-electron chi connectivity index (χ0n) is 17.7. The van der Waals surface area contributed by atoms with Crippen LogP contribution in [0.25, 0.3) is 0 Å². The van der Waals surface area contributed by atoms with Crippen molar-refractivity contribution in [2.75, 3.05) is 37.7 Å². The summed E-state index contributed by atoms with van der Waals surface area (Å²) < 4.78 is 11.1. The average molecular weight is 420 g/mol. The van der Waals surface area contributed by atoms with E-state index in [2.05, 4.69) is 24.1 Å². The molecule has 1 N–H and O–H groups in total. The number of carbonyl (C=O) groups is 2. The van der Waals surface area contributed by atoms with Crippen LogP contribution in [0, 0.1) is 10.1 Å².